The molecule has 2 rings (SSSR count). The molecule has 2 aromatic carbocycles. The van der Waals surface area contributed by atoms with Gasteiger partial charge in [-0.1, -0.05) is 24.3 Å². The number of hydrogen-bond donors (Lipinski definition) is 2. The summed E-state index contributed by atoms with van der Waals surface area (Å²) in [4.78, 5) is 11.6. The Bertz CT molecular complexity index is 616. The number of hydrogen-bond acceptors (Lipinski definition) is 3. The van der Waals surface area contributed by atoms with Gasteiger partial charge in [-0.2, -0.15) is 0 Å². The second-order valence-corrected chi connectivity index (χ2v) is 4.24. The quantitative estimate of drug-likeness (QED) is 0.880. The lowest BCUT2D eigenvalue weighted by atomic mass is 10.1. The van der Waals surface area contributed by atoms with Gasteiger partial charge in [0.25, 0.3) is 0 Å². The lowest BCUT2D eigenvalue weighted by Crippen LogP contribution is -2.28. The van der Waals surface area contributed by atoms with E-state index in [0.717, 1.165) is 0 Å². The van der Waals surface area contributed by atoms with Gasteiger partial charge in [0.05, 0.1) is 12.8 Å². The van der Waals surface area contributed by atoms with Crippen molar-refractivity contribution in [1.29, 1.82) is 0 Å². The number of halogens is 1. The van der Waals surface area contributed by atoms with E-state index in [2.05, 4.69) is 5.32 Å². The van der Waals surface area contributed by atoms with Crippen LogP contribution in [-0.4, -0.2) is 13.0 Å². The molecule has 1 unspecified atom stereocenters. The van der Waals surface area contributed by atoms with Crippen LogP contribution in [0.4, 0.5) is 10.1 Å². The molecule has 2 aromatic rings. The third-order valence-corrected chi connectivity index (χ3v) is 2.87. The summed E-state index contributed by atoms with van der Waals surface area (Å²) in [6.45, 7) is 0. The number of nitrogens with two attached hydrogens (primary N) is 1. The van der Waals surface area contributed by atoms with E-state index >= 15 is 0 Å². The van der Waals surface area contributed by atoms with Crippen molar-refractivity contribution < 1.29 is 13.9 Å². The molecule has 104 valence electrons. The second kappa shape index (κ2) is 6.06. The highest BCUT2D eigenvalue weighted by molar-refractivity contribution is 5.85. The number of ether oxygens (including phenoxy) is 1. The van der Waals surface area contributed by atoms with Crippen LogP contribution in [0.15, 0.2) is 48.5 Å². The van der Waals surface area contributed by atoms with Gasteiger partial charge in [-0.05, 0) is 29.8 Å². The first kappa shape index (κ1) is 13.9. The molecule has 0 aromatic heterocycles. The molecule has 3 N–H and O–H groups in total. The van der Waals surface area contributed by atoms with Crippen LogP contribution in [0, 0.1) is 5.82 Å². The van der Waals surface area contributed by atoms with Gasteiger partial charge in [-0.25, -0.2) is 4.39 Å². The van der Waals surface area contributed by atoms with E-state index in [4.69, 9.17) is 10.5 Å². The zero-order valence-electron chi connectivity index (χ0n) is 11.0. The highest BCUT2D eigenvalue weighted by Gasteiger charge is 2.19. The van der Waals surface area contributed by atoms with E-state index in [9.17, 15) is 9.18 Å². The van der Waals surface area contributed by atoms with Crippen molar-refractivity contribution in [3.05, 3.63) is 59.9 Å². The van der Waals surface area contributed by atoms with Gasteiger partial charge in [-0.3, -0.25) is 4.79 Å². The topological polar surface area (TPSA) is 64.3 Å². The molecule has 0 saturated carbocycles. The Labute approximate surface area is 116 Å². The minimum atomic E-state index is -0.831. The Morgan fingerprint density at radius 1 is 1.25 bits per heavy atom. The van der Waals surface area contributed by atoms with Crippen molar-refractivity contribution in [3.63, 3.8) is 0 Å². The van der Waals surface area contributed by atoms with E-state index in [1.807, 2.05) is 6.07 Å². The van der Waals surface area contributed by atoms with Gasteiger partial charge >= 0.3 is 0 Å². The maximum atomic E-state index is 13.3. The number of benzene rings is 2. The van der Waals surface area contributed by atoms with Crippen molar-refractivity contribution in [2.75, 3.05) is 12.4 Å². The number of methoxy groups -OCH3 is 1. The molecule has 0 fully saturated rings. The molecule has 1 atom stereocenters. The molecule has 1 amide bonds. The largest absolute Gasteiger partial charge is 0.495 e. The fourth-order valence-electron chi connectivity index (χ4n) is 1.92. The van der Waals surface area contributed by atoms with Gasteiger partial charge in [0.15, 0.2) is 0 Å². The number of nitrogens with one attached hydrogen (secondary N) is 1. The van der Waals surface area contributed by atoms with Crippen LogP contribution in [0.25, 0.3) is 0 Å². The molecule has 0 aliphatic carbocycles. The first-order valence-corrected chi connectivity index (χ1v) is 6.06. The minimum absolute atomic E-state index is 0.421. The third kappa shape index (κ3) is 3.06. The van der Waals surface area contributed by atoms with Crippen molar-refractivity contribution in [2.45, 2.75) is 6.04 Å². The van der Waals surface area contributed by atoms with Crippen LogP contribution in [0.5, 0.6) is 5.75 Å². The molecule has 0 spiro atoms. The molecule has 4 nitrogen and oxygen atoms in total. The SMILES string of the molecule is COc1ccccc1NC(C(N)=O)c1cccc(F)c1. The Hall–Kier alpha value is -2.56. The lowest BCUT2D eigenvalue weighted by Gasteiger charge is -2.19. The summed E-state index contributed by atoms with van der Waals surface area (Å²) in [6.07, 6.45) is 0. The maximum absolute atomic E-state index is 13.3. The predicted molar refractivity (Wildman–Crippen MR) is 75.0 cm³/mol. The Morgan fingerprint density at radius 2 is 2.00 bits per heavy atom. The Kier molecular flexibility index (Phi) is 4.20. The Balaban J connectivity index is 2.33. The molecule has 0 aliphatic heterocycles. The van der Waals surface area contributed by atoms with E-state index in [0.29, 0.717) is 17.0 Å². The summed E-state index contributed by atoms with van der Waals surface area (Å²) in [7, 11) is 1.53. The van der Waals surface area contributed by atoms with Gasteiger partial charge < -0.3 is 15.8 Å². The zero-order valence-corrected chi connectivity index (χ0v) is 11.0. The molecule has 0 bridgehead atoms. The van der Waals surface area contributed by atoms with Crippen LogP contribution in [0.2, 0.25) is 0 Å². The summed E-state index contributed by atoms with van der Waals surface area (Å²) in [5.41, 5.74) is 6.47. The summed E-state index contributed by atoms with van der Waals surface area (Å²) in [6, 6.07) is 12.1. The van der Waals surface area contributed by atoms with E-state index in [1.165, 1.54) is 25.3 Å². The average Bonchev–Trinajstić information content (AvgIpc) is 2.44. The Morgan fingerprint density at radius 3 is 2.65 bits per heavy atom. The van der Waals surface area contributed by atoms with Gasteiger partial charge in [0.1, 0.15) is 17.6 Å². The monoisotopic (exact) mass is 274 g/mol. The second-order valence-electron chi connectivity index (χ2n) is 4.24. The predicted octanol–water partition coefficient (Wildman–Crippen LogP) is 2.47. The molecular weight excluding hydrogens is 259 g/mol. The highest BCUT2D eigenvalue weighted by Crippen LogP contribution is 2.28. The van der Waals surface area contributed by atoms with Crippen LogP contribution in [0.1, 0.15) is 11.6 Å². The summed E-state index contributed by atoms with van der Waals surface area (Å²) >= 11 is 0. The number of para-hydroxylation sites is 2. The lowest BCUT2D eigenvalue weighted by molar-refractivity contribution is -0.118. The number of anilines is 1. The molecule has 0 aliphatic rings. The summed E-state index contributed by atoms with van der Waals surface area (Å²) in [5.74, 6) is -0.438. The molecule has 0 heterocycles. The van der Waals surface area contributed by atoms with Crippen molar-refractivity contribution in [2.24, 2.45) is 5.73 Å². The number of carbonyl (C=O) groups excluding carboxylic acids is 1. The smallest absolute Gasteiger partial charge is 0.244 e. The molecule has 0 saturated heterocycles. The van der Waals surface area contributed by atoms with Crippen LogP contribution >= 0.6 is 0 Å². The average molecular weight is 274 g/mol. The van der Waals surface area contributed by atoms with E-state index in [1.54, 1.807) is 24.3 Å². The normalized spacial score (nSPS) is 11.7. The minimum Gasteiger partial charge on any atom is -0.495 e. The van der Waals surface area contributed by atoms with Crippen molar-refractivity contribution in [1.82, 2.24) is 0 Å². The summed E-state index contributed by atoms with van der Waals surface area (Å²) in [5, 5.41) is 2.98. The zero-order chi connectivity index (χ0) is 14.5. The number of primary amides is 1. The highest BCUT2D eigenvalue weighted by atomic mass is 19.1. The fourth-order valence-corrected chi connectivity index (χ4v) is 1.92. The van der Waals surface area contributed by atoms with Gasteiger partial charge in [-0.15, -0.1) is 0 Å². The third-order valence-electron chi connectivity index (χ3n) is 2.87. The number of rotatable bonds is 5. The fraction of sp³-hybridized carbons (Fsp3) is 0.133. The molecule has 0 radical (unpaired) electrons. The molecule has 5 heteroatoms. The number of carbonyl (C=O) groups is 1. The van der Waals surface area contributed by atoms with Crippen molar-refractivity contribution >= 4 is 11.6 Å². The van der Waals surface area contributed by atoms with E-state index in [-0.39, 0.29) is 0 Å². The number of amides is 1. The van der Waals surface area contributed by atoms with Crippen LogP contribution in [-0.2, 0) is 4.79 Å². The maximum Gasteiger partial charge on any atom is 0.244 e. The van der Waals surface area contributed by atoms with Crippen LogP contribution in [0.3, 0.4) is 0 Å². The first-order valence-electron chi connectivity index (χ1n) is 6.06. The van der Waals surface area contributed by atoms with Crippen molar-refractivity contribution in [3.8, 4) is 5.75 Å². The first-order chi connectivity index (χ1) is 9.61. The van der Waals surface area contributed by atoms with Crippen LogP contribution < -0.4 is 15.8 Å². The standard InChI is InChI=1S/C15H15FN2O2/c1-20-13-8-3-2-7-12(13)18-14(15(17)19)10-5-4-6-11(16)9-10/h2-9,14,18H,1H3,(H2,17,19). The van der Waals surface area contributed by atoms with Gasteiger partial charge in [0, 0.05) is 0 Å². The van der Waals surface area contributed by atoms with E-state index < -0.39 is 17.8 Å². The molecule has 20 heavy (non-hydrogen) atoms. The summed E-state index contributed by atoms with van der Waals surface area (Å²) < 4.78 is 18.5. The van der Waals surface area contributed by atoms with Gasteiger partial charge in [0.2, 0.25) is 5.91 Å². The molecular formula is C15H15FN2O2.